The van der Waals surface area contributed by atoms with E-state index in [2.05, 4.69) is 11.4 Å². The lowest BCUT2D eigenvalue weighted by molar-refractivity contribution is -0.137. The van der Waals surface area contributed by atoms with Gasteiger partial charge in [-0.15, -0.1) is 11.3 Å². The van der Waals surface area contributed by atoms with Gasteiger partial charge in [-0.05, 0) is 30.4 Å². The highest BCUT2D eigenvalue weighted by atomic mass is 32.1. The molecule has 1 aromatic carbocycles. The normalized spacial score (nSPS) is 15.4. The van der Waals surface area contributed by atoms with Crippen molar-refractivity contribution >= 4 is 28.8 Å². The Hall–Kier alpha value is -2.14. The fourth-order valence-corrected chi connectivity index (χ4v) is 3.97. The average molecular weight is 356 g/mol. The number of thiophene rings is 1. The zero-order valence-corrected chi connectivity index (χ0v) is 15.5. The van der Waals surface area contributed by atoms with E-state index < -0.39 is 0 Å². The van der Waals surface area contributed by atoms with E-state index in [1.807, 2.05) is 54.5 Å². The summed E-state index contributed by atoms with van der Waals surface area (Å²) in [6.07, 6.45) is 1.46. The number of piperidine rings is 1. The first-order chi connectivity index (χ1) is 12.1. The quantitative estimate of drug-likeness (QED) is 0.890. The number of hydrogen-bond donors (Lipinski definition) is 1. The molecule has 0 bridgehead atoms. The molecule has 25 heavy (non-hydrogen) atoms. The van der Waals surface area contributed by atoms with Gasteiger partial charge in [0.15, 0.2) is 0 Å². The van der Waals surface area contributed by atoms with E-state index in [9.17, 15) is 9.59 Å². The molecule has 2 aromatic rings. The lowest BCUT2D eigenvalue weighted by Gasteiger charge is -2.32. The van der Waals surface area contributed by atoms with Crippen molar-refractivity contribution in [3.05, 3.63) is 41.8 Å². The van der Waals surface area contributed by atoms with Crippen LogP contribution < -0.4 is 5.32 Å². The number of anilines is 1. The van der Waals surface area contributed by atoms with Gasteiger partial charge in [0, 0.05) is 41.1 Å². The second kappa shape index (κ2) is 7.83. The van der Waals surface area contributed by atoms with E-state index in [1.54, 1.807) is 11.3 Å². The molecular weight excluding hydrogens is 332 g/mol. The van der Waals surface area contributed by atoms with Crippen LogP contribution in [0.5, 0.6) is 0 Å². The molecule has 1 aliphatic rings. The molecular formula is C20H24N2O2S. The molecule has 1 saturated heterocycles. The molecule has 1 aromatic heterocycles. The van der Waals surface area contributed by atoms with E-state index in [0.29, 0.717) is 13.1 Å². The lowest BCUT2D eigenvalue weighted by Crippen LogP contribution is -2.43. The fourth-order valence-electron chi connectivity index (χ4n) is 3.20. The smallest absolute Gasteiger partial charge is 0.227 e. The van der Waals surface area contributed by atoms with Crippen LogP contribution >= 0.6 is 11.3 Å². The second-order valence-electron chi connectivity index (χ2n) is 6.77. The first kappa shape index (κ1) is 17.7. The molecule has 2 amide bonds. The van der Waals surface area contributed by atoms with Crippen LogP contribution in [-0.4, -0.2) is 29.8 Å². The highest BCUT2D eigenvalue weighted by molar-refractivity contribution is 7.13. The minimum atomic E-state index is -0.0346. The molecule has 4 nitrogen and oxygen atoms in total. The molecule has 0 radical (unpaired) electrons. The molecule has 0 spiro atoms. The van der Waals surface area contributed by atoms with Gasteiger partial charge in [0.05, 0.1) is 0 Å². The van der Waals surface area contributed by atoms with Gasteiger partial charge in [-0.2, -0.15) is 0 Å². The van der Waals surface area contributed by atoms with E-state index in [4.69, 9.17) is 0 Å². The van der Waals surface area contributed by atoms with Crippen molar-refractivity contribution in [1.29, 1.82) is 0 Å². The second-order valence-corrected chi connectivity index (χ2v) is 7.71. The Bertz CT molecular complexity index is 732. The molecule has 2 heterocycles. The highest BCUT2D eigenvalue weighted by Gasteiger charge is 2.28. The minimum Gasteiger partial charge on any atom is -0.342 e. The van der Waals surface area contributed by atoms with E-state index in [1.165, 1.54) is 0 Å². The zero-order valence-electron chi connectivity index (χ0n) is 14.7. The van der Waals surface area contributed by atoms with Crippen LogP contribution in [0.2, 0.25) is 0 Å². The van der Waals surface area contributed by atoms with Crippen LogP contribution in [0, 0.1) is 11.8 Å². The number of likely N-dealkylation sites (tertiary alicyclic amines) is 1. The third-order valence-electron chi connectivity index (χ3n) is 4.64. The largest absolute Gasteiger partial charge is 0.342 e. The summed E-state index contributed by atoms with van der Waals surface area (Å²) >= 11 is 1.66. The molecule has 0 aliphatic carbocycles. The van der Waals surface area contributed by atoms with E-state index in [-0.39, 0.29) is 23.7 Å². The van der Waals surface area contributed by atoms with Gasteiger partial charge in [-0.3, -0.25) is 9.59 Å². The Morgan fingerprint density at radius 3 is 2.48 bits per heavy atom. The van der Waals surface area contributed by atoms with Crippen molar-refractivity contribution in [2.24, 2.45) is 11.8 Å². The van der Waals surface area contributed by atoms with Crippen molar-refractivity contribution < 1.29 is 9.59 Å². The summed E-state index contributed by atoms with van der Waals surface area (Å²) in [5.41, 5.74) is 1.91. The number of carbonyl (C=O) groups excluding carboxylic acids is 2. The molecule has 1 aliphatic heterocycles. The topological polar surface area (TPSA) is 49.4 Å². The molecule has 0 saturated carbocycles. The van der Waals surface area contributed by atoms with Gasteiger partial charge in [-0.1, -0.05) is 38.1 Å². The van der Waals surface area contributed by atoms with Crippen molar-refractivity contribution in [3.63, 3.8) is 0 Å². The summed E-state index contributed by atoms with van der Waals surface area (Å²) in [4.78, 5) is 27.8. The highest BCUT2D eigenvalue weighted by Crippen LogP contribution is 2.32. The SMILES string of the molecule is CC(C)C(=O)N1CCC(C(=O)Nc2ccccc2-c2cccs2)CC1. The monoisotopic (exact) mass is 356 g/mol. The predicted molar refractivity (Wildman–Crippen MR) is 103 cm³/mol. The standard InChI is InChI=1S/C20H24N2O2S/c1-14(2)20(24)22-11-9-15(10-12-22)19(23)21-17-7-4-3-6-16(17)18-8-5-13-25-18/h3-8,13-15H,9-12H2,1-2H3,(H,21,23). The van der Waals surface area contributed by atoms with Crippen LogP contribution in [0.25, 0.3) is 10.4 Å². The third kappa shape index (κ3) is 4.10. The molecule has 1 fully saturated rings. The van der Waals surface area contributed by atoms with Crippen LogP contribution in [0.4, 0.5) is 5.69 Å². The molecule has 0 unspecified atom stereocenters. The molecule has 132 valence electrons. The summed E-state index contributed by atoms with van der Waals surface area (Å²) in [6, 6.07) is 12.0. The maximum Gasteiger partial charge on any atom is 0.227 e. The first-order valence-electron chi connectivity index (χ1n) is 8.79. The lowest BCUT2D eigenvalue weighted by atomic mass is 9.95. The zero-order chi connectivity index (χ0) is 17.8. The number of benzene rings is 1. The van der Waals surface area contributed by atoms with Crippen LogP contribution in [0.1, 0.15) is 26.7 Å². The van der Waals surface area contributed by atoms with Gasteiger partial charge in [0.1, 0.15) is 0 Å². The number of nitrogens with zero attached hydrogens (tertiary/aromatic N) is 1. The maximum atomic E-state index is 12.7. The number of amides is 2. The molecule has 3 rings (SSSR count). The predicted octanol–water partition coefficient (Wildman–Crippen LogP) is 4.25. The Kier molecular flexibility index (Phi) is 5.53. The van der Waals surface area contributed by atoms with Crippen LogP contribution in [-0.2, 0) is 9.59 Å². The Balaban J connectivity index is 1.64. The van der Waals surface area contributed by atoms with Gasteiger partial charge < -0.3 is 10.2 Å². The average Bonchev–Trinajstić information content (AvgIpc) is 3.16. The summed E-state index contributed by atoms with van der Waals surface area (Å²) in [5, 5.41) is 5.14. The molecule has 0 atom stereocenters. The van der Waals surface area contributed by atoms with Crippen molar-refractivity contribution in [3.8, 4) is 10.4 Å². The number of nitrogens with one attached hydrogen (secondary N) is 1. The van der Waals surface area contributed by atoms with E-state index >= 15 is 0 Å². The third-order valence-corrected chi connectivity index (χ3v) is 5.55. The van der Waals surface area contributed by atoms with Gasteiger partial charge in [-0.25, -0.2) is 0 Å². The van der Waals surface area contributed by atoms with Crippen molar-refractivity contribution in [1.82, 2.24) is 4.90 Å². The Morgan fingerprint density at radius 1 is 1.12 bits per heavy atom. The summed E-state index contributed by atoms with van der Waals surface area (Å²) in [5.74, 6) is 0.221. The first-order valence-corrected chi connectivity index (χ1v) is 9.67. The van der Waals surface area contributed by atoms with Gasteiger partial charge >= 0.3 is 0 Å². The van der Waals surface area contributed by atoms with Gasteiger partial charge in [0.2, 0.25) is 11.8 Å². The Morgan fingerprint density at radius 2 is 1.84 bits per heavy atom. The van der Waals surface area contributed by atoms with Crippen molar-refractivity contribution in [2.75, 3.05) is 18.4 Å². The van der Waals surface area contributed by atoms with Crippen LogP contribution in [0.15, 0.2) is 41.8 Å². The number of carbonyl (C=O) groups is 2. The van der Waals surface area contributed by atoms with Crippen molar-refractivity contribution in [2.45, 2.75) is 26.7 Å². The summed E-state index contributed by atoms with van der Waals surface area (Å²) in [6.45, 7) is 5.18. The summed E-state index contributed by atoms with van der Waals surface area (Å²) < 4.78 is 0. The van der Waals surface area contributed by atoms with E-state index in [0.717, 1.165) is 29.0 Å². The molecule has 5 heteroatoms. The number of rotatable bonds is 4. The van der Waals surface area contributed by atoms with Crippen LogP contribution in [0.3, 0.4) is 0 Å². The van der Waals surface area contributed by atoms with Gasteiger partial charge in [0.25, 0.3) is 0 Å². The Labute approximate surface area is 152 Å². The fraction of sp³-hybridized carbons (Fsp3) is 0.400. The maximum absolute atomic E-state index is 12.7. The number of hydrogen-bond acceptors (Lipinski definition) is 3. The summed E-state index contributed by atoms with van der Waals surface area (Å²) in [7, 11) is 0. The number of para-hydroxylation sites is 1. The minimum absolute atomic E-state index is 0.0167. The molecule has 1 N–H and O–H groups in total.